The van der Waals surface area contributed by atoms with E-state index in [0.29, 0.717) is 17.4 Å². The van der Waals surface area contributed by atoms with Gasteiger partial charge in [-0.2, -0.15) is 0 Å². The lowest BCUT2D eigenvalue weighted by Gasteiger charge is -2.30. The molecule has 2 nitrogen and oxygen atoms in total. The van der Waals surface area contributed by atoms with Crippen molar-refractivity contribution < 1.29 is 9.13 Å². The van der Waals surface area contributed by atoms with E-state index in [4.69, 9.17) is 4.74 Å². The summed E-state index contributed by atoms with van der Waals surface area (Å²) in [5, 5.41) is 3.43. The summed E-state index contributed by atoms with van der Waals surface area (Å²) < 4.78 is 18.7. The van der Waals surface area contributed by atoms with E-state index in [1.54, 1.807) is 19.2 Å². The first-order valence-corrected chi connectivity index (χ1v) is 5.80. The second kappa shape index (κ2) is 4.83. The highest BCUT2D eigenvalue weighted by Crippen LogP contribution is 2.25. The molecule has 1 fully saturated rings. The van der Waals surface area contributed by atoms with Crippen molar-refractivity contribution in [1.82, 2.24) is 5.32 Å². The number of halogens is 1. The first-order chi connectivity index (χ1) is 7.70. The molecular weight excluding hydrogens is 205 g/mol. The van der Waals surface area contributed by atoms with Crippen molar-refractivity contribution >= 4 is 0 Å². The molecule has 1 unspecified atom stereocenters. The van der Waals surface area contributed by atoms with Gasteiger partial charge in [-0.25, -0.2) is 4.39 Å². The molecule has 0 heterocycles. The summed E-state index contributed by atoms with van der Waals surface area (Å²) >= 11 is 0. The molecule has 1 aliphatic carbocycles. The van der Waals surface area contributed by atoms with Gasteiger partial charge in [0.15, 0.2) is 0 Å². The Hall–Kier alpha value is -1.09. The summed E-state index contributed by atoms with van der Waals surface area (Å²) in [5.74, 6) is 0.371. The Bertz CT molecular complexity index is 363. The van der Waals surface area contributed by atoms with Crippen molar-refractivity contribution in [2.24, 2.45) is 0 Å². The molecule has 0 radical (unpaired) electrons. The molecule has 88 valence electrons. The molecule has 0 aliphatic heterocycles. The summed E-state index contributed by atoms with van der Waals surface area (Å²) in [6.07, 6.45) is 3.71. The fraction of sp³-hybridized carbons (Fsp3) is 0.538. The maximum atomic E-state index is 13.7. The maximum Gasteiger partial charge on any atom is 0.131 e. The maximum absolute atomic E-state index is 13.7. The molecule has 0 aromatic heterocycles. The molecule has 1 N–H and O–H groups in total. The van der Waals surface area contributed by atoms with Crippen LogP contribution in [-0.4, -0.2) is 13.2 Å². The lowest BCUT2D eigenvalue weighted by atomic mass is 9.91. The lowest BCUT2D eigenvalue weighted by Crippen LogP contribution is -2.37. The molecule has 0 saturated heterocycles. The van der Waals surface area contributed by atoms with E-state index in [1.165, 1.54) is 25.3 Å². The molecule has 1 aromatic rings. The minimum absolute atomic E-state index is 0.0659. The van der Waals surface area contributed by atoms with Gasteiger partial charge in [0, 0.05) is 23.7 Å². The van der Waals surface area contributed by atoms with Gasteiger partial charge in [0.1, 0.15) is 11.6 Å². The molecule has 1 aromatic carbocycles. The molecule has 2 rings (SSSR count). The third kappa shape index (κ3) is 2.35. The topological polar surface area (TPSA) is 21.3 Å². The predicted octanol–water partition coefficient (Wildman–Crippen LogP) is 3.04. The van der Waals surface area contributed by atoms with Gasteiger partial charge in [-0.15, -0.1) is 0 Å². The van der Waals surface area contributed by atoms with Crippen molar-refractivity contribution in [2.45, 2.75) is 38.3 Å². The van der Waals surface area contributed by atoms with Gasteiger partial charge in [-0.1, -0.05) is 12.5 Å². The molecule has 0 bridgehead atoms. The van der Waals surface area contributed by atoms with Crippen LogP contribution in [0.15, 0.2) is 18.2 Å². The van der Waals surface area contributed by atoms with E-state index in [9.17, 15) is 4.39 Å². The second-order valence-electron chi connectivity index (χ2n) is 4.40. The normalized spacial score (nSPS) is 17.9. The van der Waals surface area contributed by atoms with Crippen molar-refractivity contribution in [3.63, 3.8) is 0 Å². The highest BCUT2D eigenvalue weighted by Gasteiger charge is 2.21. The van der Waals surface area contributed by atoms with Crippen LogP contribution in [0, 0.1) is 5.82 Å². The zero-order valence-electron chi connectivity index (χ0n) is 9.79. The van der Waals surface area contributed by atoms with Gasteiger partial charge >= 0.3 is 0 Å². The van der Waals surface area contributed by atoms with Crippen LogP contribution in [0.1, 0.15) is 37.8 Å². The zero-order chi connectivity index (χ0) is 11.5. The molecule has 3 heteroatoms. The first-order valence-electron chi connectivity index (χ1n) is 5.80. The predicted molar refractivity (Wildman–Crippen MR) is 62.1 cm³/mol. The Morgan fingerprint density at radius 3 is 2.69 bits per heavy atom. The minimum atomic E-state index is -0.196. The molecule has 16 heavy (non-hydrogen) atoms. The van der Waals surface area contributed by atoms with Gasteiger partial charge in [-0.3, -0.25) is 0 Å². The van der Waals surface area contributed by atoms with Crippen molar-refractivity contribution in [3.05, 3.63) is 29.6 Å². The number of benzene rings is 1. The summed E-state index contributed by atoms with van der Waals surface area (Å²) in [6.45, 7) is 2.00. The number of rotatable bonds is 4. The fourth-order valence-corrected chi connectivity index (χ4v) is 2.00. The Balaban J connectivity index is 2.06. The van der Waals surface area contributed by atoms with E-state index in [-0.39, 0.29) is 11.9 Å². The van der Waals surface area contributed by atoms with Crippen molar-refractivity contribution in [2.75, 3.05) is 7.11 Å². The smallest absolute Gasteiger partial charge is 0.131 e. The van der Waals surface area contributed by atoms with Crippen LogP contribution < -0.4 is 10.1 Å². The van der Waals surface area contributed by atoms with Crippen LogP contribution in [-0.2, 0) is 0 Å². The van der Waals surface area contributed by atoms with Gasteiger partial charge in [-0.05, 0) is 25.8 Å². The summed E-state index contributed by atoms with van der Waals surface area (Å²) in [6, 6.07) is 5.67. The van der Waals surface area contributed by atoms with Crippen LogP contribution in [0.2, 0.25) is 0 Å². The monoisotopic (exact) mass is 223 g/mol. The van der Waals surface area contributed by atoms with Crippen LogP contribution in [0.25, 0.3) is 0 Å². The number of ether oxygens (including phenoxy) is 1. The molecule has 0 amide bonds. The fourth-order valence-electron chi connectivity index (χ4n) is 2.00. The SMILES string of the molecule is COc1ccc(C(C)NC2CCC2)c(F)c1. The zero-order valence-corrected chi connectivity index (χ0v) is 9.79. The number of methoxy groups -OCH3 is 1. The highest BCUT2D eigenvalue weighted by atomic mass is 19.1. The van der Waals surface area contributed by atoms with E-state index >= 15 is 0 Å². The third-order valence-corrected chi connectivity index (χ3v) is 3.26. The third-order valence-electron chi connectivity index (χ3n) is 3.26. The quantitative estimate of drug-likeness (QED) is 0.847. The Morgan fingerprint density at radius 2 is 2.19 bits per heavy atom. The largest absolute Gasteiger partial charge is 0.497 e. The first kappa shape index (κ1) is 11.4. The van der Waals surface area contributed by atoms with E-state index in [2.05, 4.69) is 5.32 Å². The van der Waals surface area contributed by atoms with Gasteiger partial charge in [0.2, 0.25) is 0 Å². The van der Waals surface area contributed by atoms with E-state index < -0.39 is 0 Å². The average Bonchev–Trinajstić information content (AvgIpc) is 2.23. The standard InChI is InChI=1S/C13H18FNO/c1-9(15-10-4-3-5-10)12-7-6-11(16-2)8-13(12)14/h6-10,15H,3-5H2,1-2H3. The van der Waals surface area contributed by atoms with Crippen LogP contribution in [0.5, 0.6) is 5.75 Å². The van der Waals surface area contributed by atoms with Crippen LogP contribution in [0.4, 0.5) is 4.39 Å². The highest BCUT2D eigenvalue weighted by molar-refractivity contribution is 5.30. The molecule has 1 atom stereocenters. The van der Waals surface area contributed by atoms with E-state index in [0.717, 1.165) is 0 Å². The van der Waals surface area contributed by atoms with Crippen LogP contribution in [0.3, 0.4) is 0 Å². The lowest BCUT2D eigenvalue weighted by molar-refractivity contribution is 0.310. The number of hydrogen-bond donors (Lipinski definition) is 1. The van der Waals surface area contributed by atoms with E-state index in [1.807, 2.05) is 6.92 Å². The molecule has 1 aliphatic rings. The molecule has 1 saturated carbocycles. The van der Waals surface area contributed by atoms with Gasteiger partial charge < -0.3 is 10.1 Å². The molecular formula is C13H18FNO. The second-order valence-corrected chi connectivity index (χ2v) is 4.40. The summed E-state index contributed by atoms with van der Waals surface area (Å²) in [4.78, 5) is 0. The Labute approximate surface area is 95.8 Å². The van der Waals surface area contributed by atoms with Crippen LogP contribution >= 0.6 is 0 Å². The Morgan fingerprint density at radius 1 is 1.44 bits per heavy atom. The summed E-state index contributed by atoms with van der Waals surface area (Å²) in [5.41, 5.74) is 0.715. The molecule has 0 spiro atoms. The summed E-state index contributed by atoms with van der Waals surface area (Å²) in [7, 11) is 1.55. The van der Waals surface area contributed by atoms with Gasteiger partial charge in [0.05, 0.1) is 7.11 Å². The van der Waals surface area contributed by atoms with Crippen molar-refractivity contribution in [1.29, 1.82) is 0 Å². The Kier molecular flexibility index (Phi) is 3.44. The average molecular weight is 223 g/mol. The number of hydrogen-bond acceptors (Lipinski definition) is 2. The van der Waals surface area contributed by atoms with Crippen molar-refractivity contribution in [3.8, 4) is 5.75 Å². The number of nitrogens with one attached hydrogen (secondary N) is 1. The minimum Gasteiger partial charge on any atom is -0.497 e. The van der Waals surface area contributed by atoms with Gasteiger partial charge in [0.25, 0.3) is 0 Å².